The first-order valence-electron chi connectivity index (χ1n) is 13.7. The molecule has 0 saturated carbocycles. The lowest BCUT2D eigenvalue weighted by molar-refractivity contribution is -0.141. The fourth-order valence-electron chi connectivity index (χ4n) is 4.47. The van der Waals surface area contributed by atoms with Gasteiger partial charge in [0.2, 0.25) is 21.8 Å². The average Bonchev–Trinajstić information content (AvgIpc) is 2.94. The van der Waals surface area contributed by atoms with Gasteiger partial charge in [0.25, 0.3) is 0 Å². The Labute approximate surface area is 261 Å². The Hall–Kier alpha value is -3.21. The number of nitrogens with one attached hydrogen (secondary N) is 1. The number of sulfonamides is 1. The Morgan fingerprint density at radius 2 is 1.58 bits per heavy atom. The van der Waals surface area contributed by atoms with Gasteiger partial charge in [-0.1, -0.05) is 73.4 Å². The minimum Gasteiger partial charge on any atom is -0.354 e. The molecule has 1 atom stereocenters. The average molecular weight is 655 g/mol. The molecule has 3 aromatic rings. The molecular weight excluding hydrogens is 619 g/mol. The quantitative estimate of drug-likeness (QED) is 0.223. The van der Waals surface area contributed by atoms with Crippen LogP contribution in [-0.2, 0) is 32.6 Å². The molecule has 0 aliphatic heterocycles. The van der Waals surface area contributed by atoms with Crippen molar-refractivity contribution >= 4 is 50.7 Å². The minimum atomic E-state index is -3.89. The van der Waals surface area contributed by atoms with Gasteiger partial charge in [-0.2, -0.15) is 0 Å². The first-order valence-corrected chi connectivity index (χ1v) is 16.3. The summed E-state index contributed by atoms with van der Waals surface area (Å²) in [6.07, 6.45) is 1.03. The molecule has 3 aromatic carbocycles. The van der Waals surface area contributed by atoms with E-state index in [0.29, 0.717) is 22.2 Å². The van der Waals surface area contributed by atoms with Crippen molar-refractivity contribution in [3.63, 3.8) is 0 Å². The highest BCUT2D eigenvalue weighted by atomic mass is 35.5. The number of hydrogen-bond donors (Lipinski definition) is 1. The number of halogens is 4. The molecule has 43 heavy (non-hydrogen) atoms. The van der Waals surface area contributed by atoms with Gasteiger partial charge in [0, 0.05) is 54.2 Å². The number of rotatable bonds is 14. The molecule has 12 heteroatoms. The van der Waals surface area contributed by atoms with E-state index in [4.69, 9.17) is 23.2 Å². The predicted molar refractivity (Wildman–Crippen MR) is 167 cm³/mol. The Morgan fingerprint density at radius 1 is 0.930 bits per heavy atom. The zero-order chi connectivity index (χ0) is 31.7. The van der Waals surface area contributed by atoms with E-state index in [9.17, 15) is 26.8 Å². The molecule has 0 heterocycles. The van der Waals surface area contributed by atoms with Crippen LogP contribution in [0, 0.1) is 17.6 Å². The first-order chi connectivity index (χ1) is 20.3. The molecule has 0 aliphatic rings. The molecule has 0 aliphatic carbocycles. The highest BCUT2D eigenvalue weighted by molar-refractivity contribution is 7.92. The summed E-state index contributed by atoms with van der Waals surface area (Å²) in [5.41, 5.74) is 1.23. The van der Waals surface area contributed by atoms with E-state index >= 15 is 0 Å². The van der Waals surface area contributed by atoms with Crippen molar-refractivity contribution in [2.24, 2.45) is 5.92 Å². The molecular formula is C31H35Cl2F2N3O4S. The van der Waals surface area contributed by atoms with Crippen molar-refractivity contribution in [2.45, 2.75) is 45.7 Å². The molecule has 0 saturated heterocycles. The van der Waals surface area contributed by atoms with Crippen LogP contribution in [0.15, 0.2) is 66.7 Å². The second-order valence-electron chi connectivity index (χ2n) is 10.6. The second kappa shape index (κ2) is 15.5. The smallest absolute Gasteiger partial charge is 0.243 e. The molecule has 1 N–H and O–H groups in total. The van der Waals surface area contributed by atoms with Gasteiger partial charge < -0.3 is 10.2 Å². The Kier molecular flexibility index (Phi) is 12.4. The van der Waals surface area contributed by atoms with Crippen LogP contribution in [0.1, 0.15) is 37.8 Å². The summed E-state index contributed by atoms with van der Waals surface area (Å²) in [6, 6.07) is 16.1. The number of nitrogens with zero attached hydrogens (tertiary/aromatic N) is 2. The normalized spacial score (nSPS) is 12.2. The summed E-state index contributed by atoms with van der Waals surface area (Å²) in [4.78, 5) is 28.9. The number of benzene rings is 3. The Morgan fingerprint density at radius 3 is 2.16 bits per heavy atom. The third-order valence-corrected chi connectivity index (χ3v) is 8.59. The maximum Gasteiger partial charge on any atom is 0.243 e. The van der Waals surface area contributed by atoms with E-state index in [-0.39, 0.29) is 49.9 Å². The third-order valence-electron chi connectivity index (χ3n) is 6.69. The number of carbonyl (C=O) groups is 2. The number of carbonyl (C=O) groups excluding carboxylic acids is 2. The highest BCUT2D eigenvalue weighted by Gasteiger charge is 2.31. The second-order valence-corrected chi connectivity index (χ2v) is 13.3. The number of anilines is 1. The Balaban J connectivity index is 1.93. The Bertz CT molecular complexity index is 1500. The topological polar surface area (TPSA) is 86.8 Å². The van der Waals surface area contributed by atoms with Crippen LogP contribution >= 0.6 is 23.2 Å². The van der Waals surface area contributed by atoms with Crippen LogP contribution in [0.4, 0.5) is 14.5 Å². The van der Waals surface area contributed by atoms with E-state index in [0.717, 1.165) is 34.3 Å². The van der Waals surface area contributed by atoms with Gasteiger partial charge in [0.15, 0.2) is 11.6 Å². The molecule has 2 amide bonds. The molecule has 0 spiro atoms. The van der Waals surface area contributed by atoms with Gasteiger partial charge >= 0.3 is 0 Å². The molecule has 0 aromatic heterocycles. The standard InChI is InChI=1S/C31H35Cl2F2N3O4S/c1-21(2)19-36-31(40)29(17-22-9-5-4-6-10-22)37(20-24-25(32)11-7-12-26(24)33)30(39)13-8-16-38(43(3,41)42)23-14-15-27(34)28(35)18-23/h4-7,9-12,14-15,18,21,29H,8,13,16-17,19-20H2,1-3H3,(H,36,40). The zero-order valence-corrected chi connectivity index (χ0v) is 26.5. The highest BCUT2D eigenvalue weighted by Crippen LogP contribution is 2.28. The van der Waals surface area contributed by atoms with Crippen molar-refractivity contribution in [3.8, 4) is 0 Å². The summed E-state index contributed by atoms with van der Waals surface area (Å²) in [5.74, 6) is -2.92. The summed E-state index contributed by atoms with van der Waals surface area (Å²) < 4.78 is 53.3. The lowest BCUT2D eigenvalue weighted by Crippen LogP contribution is -2.51. The number of amides is 2. The molecule has 3 rings (SSSR count). The van der Waals surface area contributed by atoms with Gasteiger partial charge in [0.1, 0.15) is 6.04 Å². The zero-order valence-electron chi connectivity index (χ0n) is 24.2. The first kappa shape index (κ1) is 34.3. The fourth-order valence-corrected chi connectivity index (χ4v) is 5.95. The van der Waals surface area contributed by atoms with Crippen LogP contribution in [0.2, 0.25) is 10.0 Å². The van der Waals surface area contributed by atoms with E-state index in [1.165, 1.54) is 4.90 Å². The maximum absolute atomic E-state index is 13.9. The molecule has 0 bridgehead atoms. The fraction of sp³-hybridized carbons (Fsp3) is 0.355. The SMILES string of the molecule is CC(C)CNC(=O)C(Cc1ccccc1)N(Cc1c(Cl)cccc1Cl)C(=O)CCCN(c1ccc(F)c(F)c1)S(C)(=O)=O. The minimum absolute atomic E-state index is 0.0311. The summed E-state index contributed by atoms with van der Waals surface area (Å²) in [5, 5.41) is 3.58. The predicted octanol–water partition coefficient (Wildman–Crippen LogP) is 6.23. The van der Waals surface area contributed by atoms with Crippen molar-refractivity contribution in [1.82, 2.24) is 10.2 Å². The number of hydrogen-bond acceptors (Lipinski definition) is 4. The van der Waals surface area contributed by atoms with E-state index in [1.807, 2.05) is 44.2 Å². The molecule has 0 radical (unpaired) electrons. The van der Waals surface area contributed by atoms with E-state index in [1.54, 1.807) is 18.2 Å². The summed E-state index contributed by atoms with van der Waals surface area (Å²) >= 11 is 12.9. The van der Waals surface area contributed by atoms with Crippen molar-refractivity contribution in [3.05, 3.63) is 99.5 Å². The van der Waals surface area contributed by atoms with E-state index < -0.39 is 33.6 Å². The molecule has 232 valence electrons. The lowest BCUT2D eigenvalue weighted by Gasteiger charge is -2.32. The van der Waals surface area contributed by atoms with Gasteiger partial charge in [0.05, 0.1) is 11.9 Å². The van der Waals surface area contributed by atoms with Crippen molar-refractivity contribution in [1.29, 1.82) is 0 Å². The van der Waals surface area contributed by atoms with Gasteiger partial charge in [-0.15, -0.1) is 0 Å². The van der Waals surface area contributed by atoms with Crippen LogP contribution in [0.3, 0.4) is 0 Å². The van der Waals surface area contributed by atoms with Gasteiger partial charge in [-0.25, -0.2) is 17.2 Å². The summed E-state index contributed by atoms with van der Waals surface area (Å²) in [6.45, 7) is 4.07. The van der Waals surface area contributed by atoms with Crippen LogP contribution < -0.4 is 9.62 Å². The van der Waals surface area contributed by atoms with E-state index in [2.05, 4.69) is 5.32 Å². The maximum atomic E-state index is 13.9. The van der Waals surface area contributed by atoms with Crippen molar-refractivity contribution < 1.29 is 26.8 Å². The monoisotopic (exact) mass is 653 g/mol. The van der Waals surface area contributed by atoms with Gasteiger partial charge in [-0.05, 0) is 42.2 Å². The van der Waals surface area contributed by atoms with Gasteiger partial charge in [-0.3, -0.25) is 13.9 Å². The molecule has 0 fully saturated rings. The molecule has 1 unspecified atom stereocenters. The van der Waals surface area contributed by atoms with Crippen molar-refractivity contribution in [2.75, 3.05) is 23.7 Å². The van der Waals surface area contributed by atoms with Crippen LogP contribution in [0.25, 0.3) is 0 Å². The largest absolute Gasteiger partial charge is 0.354 e. The van der Waals surface area contributed by atoms with Crippen LogP contribution in [-0.4, -0.2) is 50.5 Å². The lowest BCUT2D eigenvalue weighted by atomic mass is 10.0. The summed E-state index contributed by atoms with van der Waals surface area (Å²) in [7, 11) is -3.89. The van der Waals surface area contributed by atoms with Crippen LogP contribution in [0.5, 0.6) is 0 Å². The third kappa shape index (κ3) is 9.91. The molecule has 7 nitrogen and oxygen atoms in total.